The number of nitrogens with two attached hydrogens (primary N) is 1. The smallest absolute Gasteiger partial charge is 0.0707 e. The van der Waals surface area contributed by atoms with Gasteiger partial charge in [-0.05, 0) is 24.9 Å². The van der Waals surface area contributed by atoms with Crippen molar-refractivity contribution in [1.82, 2.24) is 4.90 Å². The van der Waals surface area contributed by atoms with Gasteiger partial charge < -0.3 is 10.8 Å². The van der Waals surface area contributed by atoms with Crippen LogP contribution in [-0.2, 0) is 6.42 Å². The third-order valence-electron chi connectivity index (χ3n) is 3.09. The van der Waals surface area contributed by atoms with Crippen molar-refractivity contribution in [1.29, 1.82) is 0 Å². The van der Waals surface area contributed by atoms with Crippen LogP contribution in [0.15, 0.2) is 30.3 Å². The summed E-state index contributed by atoms with van der Waals surface area (Å²) in [5.41, 5.74) is 7.02. The summed E-state index contributed by atoms with van der Waals surface area (Å²) in [6.07, 6.45) is 1.50. The Bertz CT molecular complexity index is 315. The van der Waals surface area contributed by atoms with Crippen molar-refractivity contribution in [2.75, 3.05) is 19.6 Å². The van der Waals surface area contributed by atoms with Crippen molar-refractivity contribution in [3.8, 4) is 0 Å². The molecule has 88 valence electrons. The summed E-state index contributed by atoms with van der Waals surface area (Å²) < 4.78 is 0. The predicted octanol–water partition coefficient (Wildman–Crippen LogP) is 0.623. The number of β-amino-alcohol motifs (C(OH)–C–C–N with tert-alkyl or cyclic N) is 1. The number of hydrogen-bond acceptors (Lipinski definition) is 3. The van der Waals surface area contributed by atoms with Gasteiger partial charge in [0.05, 0.1) is 6.10 Å². The minimum absolute atomic E-state index is 0.285. The number of aliphatic hydroxyl groups excluding tert-OH is 1. The molecule has 1 aromatic rings. The van der Waals surface area contributed by atoms with Gasteiger partial charge in [0.1, 0.15) is 0 Å². The molecule has 1 aromatic carbocycles. The molecule has 0 spiro atoms. The highest BCUT2D eigenvalue weighted by atomic mass is 16.3. The van der Waals surface area contributed by atoms with Crippen molar-refractivity contribution in [2.45, 2.75) is 25.0 Å². The first kappa shape index (κ1) is 11.6. The molecule has 0 bridgehead atoms. The zero-order chi connectivity index (χ0) is 11.4. The molecule has 3 heteroatoms. The molecule has 0 aliphatic carbocycles. The van der Waals surface area contributed by atoms with Gasteiger partial charge in [-0.15, -0.1) is 0 Å². The summed E-state index contributed by atoms with van der Waals surface area (Å²) in [6, 6.07) is 10.4. The number of nitrogens with zero attached hydrogens (tertiary/aromatic N) is 1. The van der Waals surface area contributed by atoms with Gasteiger partial charge in [0.15, 0.2) is 0 Å². The van der Waals surface area contributed by atoms with E-state index in [9.17, 15) is 5.11 Å². The van der Waals surface area contributed by atoms with Crippen LogP contribution in [0.4, 0.5) is 0 Å². The van der Waals surface area contributed by atoms with Crippen LogP contribution in [-0.4, -0.2) is 41.8 Å². The number of likely N-dealkylation sites (tertiary alicyclic amines) is 1. The molecule has 3 nitrogen and oxygen atoms in total. The van der Waals surface area contributed by atoms with Gasteiger partial charge in [-0.1, -0.05) is 30.3 Å². The van der Waals surface area contributed by atoms with Crippen LogP contribution < -0.4 is 5.73 Å². The summed E-state index contributed by atoms with van der Waals surface area (Å²) in [7, 11) is 0. The van der Waals surface area contributed by atoms with E-state index in [1.807, 2.05) is 18.2 Å². The molecule has 2 rings (SSSR count). The van der Waals surface area contributed by atoms with Crippen molar-refractivity contribution >= 4 is 0 Å². The van der Waals surface area contributed by atoms with Crippen LogP contribution >= 0.6 is 0 Å². The van der Waals surface area contributed by atoms with Gasteiger partial charge in [0.25, 0.3) is 0 Å². The highest BCUT2D eigenvalue weighted by molar-refractivity contribution is 5.15. The zero-order valence-electron chi connectivity index (χ0n) is 9.55. The van der Waals surface area contributed by atoms with Crippen molar-refractivity contribution in [3.05, 3.63) is 35.9 Å². The normalized spacial score (nSPS) is 23.5. The van der Waals surface area contributed by atoms with Gasteiger partial charge in [-0.25, -0.2) is 0 Å². The molecule has 3 N–H and O–H groups in total. The number of aliphatic hydroxyl groups is 1. The molecule has 0 radical (unpaired) electrons. The molecule has 1 aliphatic rings. The summed E-state index contributed by atoms with van der Waals surface area (Å²) in [4.78, 5) is 2.25. The number of rotatable bonds is 4. The Morgan fingerprint density at radius 3 is 2.75 bits per heavy atom. The monoisotopic (exact) mass is 220 g/mol. The van der Waals surface area contributed by atoms with Crippen LogP contribution in [0.1, 0.15) is 12.0 Å². The predicted molar refractivity (Wildman–Crippen MR) is 65.2 cm³/mol. The van der Waals surface area contributed by atoms with E-state index in [1.165, 1.54) is 5.56 Å². The lowest BCUT2D eigenvalue weighted by atomic mass is 10.1. The maximum atomic E-state index is 9.97. The molecular formula is C13H20N2O. The van der Waals surface area contributed by atoms with Gasteiger partial charge in [0.2, 0.25) is 0 Å². The number of hydrogen-bond donors (Lipinski definition) is 2. The van der Waals surface area contributed by atoms with E-state index in [0.29, 0.717) is 6.04 Å². The van der Waals surface area contributed by atoms with Crippen LogP contribution in [0.2, 0.25) is 0 Å². The Balaban J connectivity index is 1.78. The third kappa shape index (κ3) is 3.30. The van der Waals surface area contributed by atoms with Crippen LogP contribution in [0.25, 0.3) is 0 Å². The quantitative estimate of drug-likeness (QED) is 0.782. The van der Waals surface area contributed by atoms with Gasteiger partial charge >= 0.3 is 0 Å². The van der Waals surface area contributed by atoms with E-state index in [0.717, 1.165) is 32.5 Å². The molecule has 1 fully saturated rings. The van der Waals surface area contributed by atoms with E-state index >= 15 is 0 Å². The Morgan fingerprint density at radius 2 is 2.12 bits per heavy atom. The summed E-state index contributed by atoms with van der Waals surface area (Å²) in [6.45, 7) is 2.68. The minimum Gasteiger partial charge on any atom is -0.391 e. The van der Waals surface area contributed by atoms with Gasteiger partial charge in [-0.3, -0.25) is 4.90 Å². The molecule has 2 unspecified atom stereocenters. The lowest BCUT2D eigenvalue weighted by Gasteiger charge is -2.19. The molecule has 0 saturated carbocycles. The molecular weight excluding hydrogens is 200 g/mol. The summed E-state index contributed by atoms with van der Waals surface area (Å²) in [5.74, 6) is 0. The summed E-state index contributed by atoms with van der Waals surface area (Å²) in [5, 5.41) is 9.97. The second-order valence-corrected chi connectivity index (χ2v) is 4.65. The van der Waals surface area contributed by atoms with E-state index in [2.05, 4.69) is 17.0 Å². The van der Waals surface area contributed by atoms with Crippen molar-refractivity contribution in [3.63, 3.8) is 0 Å². The van der Waals surface area contributed by atoms with Gasteiger partial charge in [-0.2, -0.15) is 0 Å². The molecule has 1 aliphatic heterocycles. The van der Waals surface area contributed by atoms with Crippen LogP contribution in [0.3, 0.4) is 0 Å². The molecule has 0 amide bonds. The topological polar surface area (TPSA) is 49.5 Å². The fourth-order valence-corrected chi connectivity index (χ4v) is 2.28. The average Bonchev–Trinajstić information content (AvgIpc) is 2.65. The van der Waals surface area contributed by atoms with E-state index in [1.54, 1.807) is 0 Å². The standard InChI is InChI=1S/C13H20N2O/c14-12-6-7-15(9-12)10-13(16)8-11-4-2-1-3-5-11/h1-5,12-13,16H,6-10,14H2. The fraction of sp³-hybridized carbons (Fsp3) is 0.538. The minimum atomic E-state index is -0.285. The molecule has 16 heavy (non-hydrogen) atoms. The largest absolute Gasteiger partial charge is 0.391 e. The Labute approximate surface area is 96.9 Å². The maximum Gasteiger partial charge on any atom is 0.0707 e. The highest BCUT2D eigenvalue weighted by Gasteiger charge is 2.21. The number of benzene rings is 1. The van der Waals surface area contributed by atoms with Crippen LogP contribution in [0.5, 0.6) is 0 Å². The molecule has 1 saturated heterocycles. The Hall–Kier alpha value is -0.900. The van der Waals surface area contributed by atoms with Crippen LogP contribution in [0, 0.1) is 0 Å². The van der Waals surface area contributed by atoms with E-state index in [4.69, 9.17) is 5.73 Å². The Kier molecular flexibility index (Phi) is 3.93. The molecule has 1 heterocycles. The lowest BCUT2D eigenvalue weighted by Crippen LogP contribution is -2.34. The lowest BCUT2D eigenvalue weighted by molar-refractivity contribution is 0.124. The van der Waals surface area contributed by atoms with Gasteiger partial charge in [0, 0.05) is 19.1 Å². The van der Waals surface area contributed by atoms with E-state index < -0.39 is 0 Å². The zero-order valence-corrected chi connectivity index (χ0v) is 9.55. The first-order valence-electron chi connectivity index (χ1n) is 5.94. The average molecular weight is 220 g/mol. The maximum absolute atomic E-state index is 9.97. The van der Waals surface area contributed by atoms with Crippen molar-refractivity contribution < 1.29 is 5.11 Å². The first-order chi connectivity index (χ1) is 7.74. The highest BCUT2D eigenvalue weighted by Crippen LogP contribution is 2.10. The molecule has 2 atom stereocenters. The first-order valence-corrected chi connectivity index (χ1v) is 5.94. The second kappa shape index (κ2) is 5.43. The second-order valence-electron chi connectivity index (χ2n) is 4.65. The van der Waals surface area contributed by atoms with Crippen molar-refractivity contribution in [2.24, 2.45) is 5.73 Å². The SMILES string of the molecule is NC1CCN(CC(O)Cc2ccccc2)C1. The summed E-state index contributed by atoms with van der Waals surface area (Å²) >= 11 is 0. The van der Waals surface area contributed by atoms with E-state index in [-0.39, 0.29) is 6.10 Å². The molecule has 0 aromatic heterocycles. The fourth-order valence-electron chi connectivity index (χ4n) is 2.28. The third-order valence-corrected chi connectivity index (χ3v) is 3.09. The Morgan fingerprint density at radius 1 is 1.38 bits per heavy atom.